The van der Waals surface area contributed by atoms with Crippen molar-refractivity contribution in [3.05, 3.63) is 23.3 Å². The van der Waals surface area contributed by atoms with Gasteiger partial charge in [0.1, 0.15) is 24.0 Å². The zero-order valence-electron chi connectivity index (χ0n) is 38.4. The third-order valence-electron chi connectivity index (χ3n) is 14.1. The minimum Gasteiger partial charge on any atom is -0.464 e. The summed E-state index contributed by atoms with van der Waals surface area (Å²) in [6.45, 7) is 11.6. The molecule has 350 valence electrons. The SMILES string of the molecule is CC[C@@H]1/C=C(\C)C[C@H](C)C[C@H](OC)C2O[C@@](O)(C(=O)C(=O)N3CCCC[C@H]3C(=O)O[C@H](/C(C)=C/[C@@H]3CC[C@@H](OC4CCOC4=O)[C@H](OC)C3)[C@H](C)[C@@H](O)CC1=O)[C@H](C)C[C@@H]2OC. The number of nitrogens with zero attached hydrogens (tertiary/aromatic N) is 1. The summed E-state index contributed by atoms with van der Waals surface area (Å²) in [5, 5.41) is 23.9. The van der Waals surface area contributed by atoms with E-state index in [2.05, 4.69) is 0 Å². The Morgan fingerprint density at radius 3 is 2.23 bits per heavy atom. The van der Waals surface area contributed by atoms with E-state index in [1.165, 1.54) is 19.1 Å². The molecule has 0 radical (unpaired) electrons. The van der Waals surface area contributed by atoms with Gasteiger partial charge in [-0.15, -0.1) is 0 Å². The van der Waals surface area contributed by atoms with Gasteiger partial charge in [0, 0.05) is 58.5 Å². The van der Waals surface area contributed by atoms with Crippen LogP contribution in [0.15, 0.2) is 23.3 Å². The quantitative estimate of drug-likeness (QED) is 0.192. The zero-order valence-corrected chi connectivity index (χ0v) is 38.4. The average Bonchev–Trinajstić information content (AvgIpc) is 3.66. The number of fused-ring (bicyclic) bond motifs is 3. The Morgan fingerprint density at radius 1 is 0.887 bits per heavy atom. The number of carbonyl (C=O) groups is 5. The zero-order chi connectivity index (χ0) is 45.5. The first kappa shape index (κ1) is 50.0. The van der Waals surface area contributed by atoms with Crippen LogP contribution in [0.1, 0.15) is 119 Å². The first-order chi connectivity index (χ1) is 29.4. The maximum Gasteiger partial charge on any atom is 0.335 e. The second-order valence-corrected chi connectivity index (χ2v) is 18.7. The van der Waals surface area contributed by atoms with Crippen molar-refractivity contribution in [1.82, 2.24) is 4.90 Å². The maximum atomic E-state index is 14.4. The third kappa shape index (κ3) is 11.6. The van der Waals surface area contributed by atoms with Crippen LogP contribution >= 0.6 is 0 Å². The van der Waals surface area contributed by atoms with Gasteiger partial charge in [-0.25, -0.2) is 9.59 Å². The van der Waals surface area contributed by atoms with E-state index in [0.29, 0.717) is 70.0 Å². The molecule has 2 bridgehead atoms. The smallest absolute Gasteiger partial charge is 0.335 e. The van der Waals surface area contributed by atoms with Gasteiger partial charge in [0.15, 0.2) is 6.10 Å². The fourth-order valence-electron chi connectivity index (χ4n) is 10.3. The highest BCUT2D eigenvalue weighted by Gasteiger charge is 2.56. The number of esters is 2. The van der Waals surface area contributed by atoms with E-state index >= 15 is 0 Å². The summed E-state index contributed by atoms with van der Waals surface area (Å²) in [6.07, 6.45) is 3.81. The number of hydrogen-bond donors (Lipinski definition) is 2. The molecule has 4 fully saturated rings. The number of hydrogen-bond acceptors (Lipinski definition) is 14. The van der Waals surface area contributed by atoms with Crippen LogP contribution < -0.4 is 0 Å². The van der Waals surface area contributed by atoms with Crippen LogP contribution in [0.3, 0.4) is 0 Å². The molecule has 2 unspecified atom stereocenters. The Hall–Kier alpha value is -3.05. The molecule has 0 aromatic carbocycles. The molecule has 5 aliphatic rings. The van der Waals surface area contributed by atoms with E-state index < -0.39 is 83.9 Å². The Morgan fingerprint density at radius 2 is 1.58 bits per heavy atom. The van der Waals surface area contributed by atoms with E-state index in [0.717, 1.165) is 5.57 Å². The molecule has 1 aliphatic carbocycles. The summed E-state index contributed by atoms with van der Waals surface area (Å²) in [5.41, 5.74) is 1.64. The fraction of sp³-hybridized carbons (Fsp3) is 0.809. The Bertz CT molecular complexity index is 1650. The van der Waals surface area contributed by atoms with Crippen molar-refractivity contribution in [1.29, 1.82) is 0 Å². The lowest BCUT2D eigenvalue weighted by molar-refractivity contribution is -0.302. The molecule has 15 heteroatoms. The monoisotopic (exact) mass is 876 g/mol. The van der Waals surface area contributed by atoms with E-state index in [1.807, 2.05) is 39.8 Å². The van der Waals surface area contributed by atoms with Crippen molar-refractivity contribution in [2.45, 2.75) is 179 Å². The minimum atomic E-state index is -2.52. The number of cyclic esters (lactones) is 2. The lowest BCUT2D eigenvalue weighted by Crippen LogP contribution is -2.64. The first-order valence-electron chi connectivity index (χ1n) is 22.9. The molecule has 4 heterocycles. The molecular formula is C47H73NO14. The molecule has 15 nitrogen and oxygen atoms in total. The van der Waals surface area contributed by atoms with Crippen LogP contribution in [0.5, 0.6) is 0 Å². The molecular weight excluding hydrogens is 803 g/mol. The molecule has 4 aliphatic heterocycles. The summed E-state index contributed by atoms with van der Waals surface area (Å²) in [5.74, 6) is -8.03. The highest BCUT2D eigenvalue weighted by atomic mass is 16.7. The predicted octanol–water partition coefficient (Wildman–Crippen LogP) is 4.81. The number of aliphatic hydroxyl groups excluding tert-OH is 1. The highest BCUT2D eigenvalue weighted by molar-refractivity contribution is 6.39. The summed E-state index contributed by atoms with van der Waals surface area (Å²) in [7, 11) is 4.67. The van der Waals surface area contributed by atoms with Crippen molar-refractivity contribution in [3.63, 3.8) is 0 Å². The number of Topliss-reactive ketones (excluding diaryl/α,β-unsaturated/α-hetero) is 2. The largest absolute Gasteiger partial charge is 0.464 e. The molecule has 0 aromatic rings. The van der Waals surface area contributed by atoms with Crippen molar-refractivity contribution in [2.75, 3.05) is 34.5 Å². The van der Waals surface area contributed by atoms with Crippen LogP contribution in [0.4, 0.5) is 0 Å². The van der Waals surface area contributed by atoms with Crippen LogP contribution in [-0.4, -0.2) is 140 Å². The maximum absolute atomic E-state index is 14.4. The Labute approximate surface area is 367 Å². The second-order valence-electron chi connectivity index (χ2n) is 18.7. The van der Waals surface area contributed by atoms with E-state index in [9.17, 15) is 34.2 Å². The molecule has 3 saturated heterocycles. The summed E-state index contributed by atoms with van der Waals surface area (Å²) in [4.78, 5) is 70.3. The van der Waals surface area contributed by atoms with Crippen molar-refractivity contribution < 1.29 is 67.3 Å². The third-order valence-corrected chi connectivity index (χ3v) is 14.1. The standard InChI is InChI=1S/C47H73NO14/c1-10-32-20-26(2)19-27(3)21-39(57-8)42-40(58-9)23-29(5)47(55,62-42)43(51)44(52)48-17-12-11-13-33(48)45(53)61-41(30(6)34(49)25-35(32)50)28(4)22-31-14-15-36(38(24-31)56-7)60-37-16-18-59-46(37)54/h20,22,27,29-34,36-42,49,55H,10-19,21,23-25H2,1-9H3/b26-20+,28-22+/t27-,29+,30+,31-,32+,33-,34-,36+,37?,38+,39-,40-,41+,42?,47+/m0/s1. The molecule has 5 rings (SSSR count). The molecule has 0 spiro atoms. The van der Waals surface area contributed by atoms with Gasteiger partial charge in [0.05, 0.1) is 37.1 Å². The number of piperidine rings is 1. The van der Waals surface area contributed by atoms with Crippen LogP contribution in [0.2, 0.25) is 0 Å². The van der Waals surface area contributed by atoms with Gasteiger partial charge in [-0.1, -0.05) is 45.4 Å². The molecule has 62 heavy (non-hydrogen) atoms. The topological polar surface area (TPSA) is 194 Å². The lowest BCUT2D eigenvalue weighted by Gasteiger charge is -2.47. The predicted molar refractivity (Wildman–Crippen MR) is 226 cm³/mol. The van der Waals surface area contributed by atoms with E-state index in [4.69, 9.17) is 33.2 Å². The van der Waals surface area contributed by atoms with Gasteiger partial charge < -0.3 is 48.3 Å². The average molecular weight is 876 g/mol. The second kappa shape index (κ2) is 22.2. The normalized spacial score (nSPS) is 41.1. The Kier molecular flexibility index (Phi) is 17.9. The fourth-order valence-corrected chi connectivity index (χ4v) is 10.3. The summed E-state index contributed by atoms with van der Waals surface area (Å²) >= 11 is 0. The number of methoxy groups -OCH3 is 3. The highest BCUT2D eigenvalue weighted by Crippen LogP contribution is 2.39. The number of aliphatic hydroxyl groups is 2. The molecule has 1 amide bonds. The van der Waals surface area contributed by atoms with Gasteiger partial charge >= 0.3 is 11.9 Å². The van der Waals surface area contributed by atoms with Crippen LogP contribution in [-0.2, 0) is 57.1 Å². The van der Waals surface area contributed by atoms with Gasteiger partial charge in [-0.3, -0.25) is 14.4 Å². The number of ether oxygens (including phenoxy) is 7. The Balaban J connectivity index is 1.48. The summed E-state index contributed by atoms with van der Waals surface area (Å²) < 4.78 is 41.4. The first-order valence-corrected chi connectivity index (χ1v) is 22.9. The van der Waals surface area contributed by atoms with Crippen LogP contribution in [0, 0.1) is 29.6 Å². The van der Waals surface area contributed by atoms with Crippen molar-refractivity contribution >= 4 is 29.4 Å². The van der Waals surface area contributed by atoms with Gasteiger partial charge in [-0.05, 0) is 95.5 Å². The van der Waals surface area contributed by atoms with Gasteiger partial charge in [-0.2, -0.15) is 0 Å². The van der Waals surface area contributed by atoms with Crippen molar-refractivity contribution in [2.24, 2.45) is 29.6 Å². The van der Waals surface area contributed by atoms with Crippen LogP contribution in [0.25, 0.3) is 0 Å². The molecule has 1 saturated carbocycles. The van der Waals surface area contributed by atoms with E-state index in [1.54, 1.807) is 21.0 Å². The number of allylic oxidation sites excluding steroid dienone is 3. The number of ketones is 2. The number of rotatable bonds is 8. The molecule has 2 N–H and O–H groups in total. The van der Waals surface area contributed by atoms with Crippen molar-refractivity contribution in [3.8, 4) is 0 Å². The summed E-state index contributed by atoms with van der Waals surface area (Å²) in [6, 6.07) is -1.15. The molecule has 15 atom stereocenters. The van der Waals surface area contributed by atoms with Gasteiger partial charge in [0.2, 0.25) is 5.79 Å². The lowest BCUT2D eigenvalue weighted by atomic mass is 9.81. The number of amides is 1. The molecule has 0 aromatic heterocycles. The van der Waals surface area contributed by atoms with E-state index in [-0.39, 0.29) is 61.6 Å². The number of carbonyl (C=O) groups excluding carboxylic acids is 5. The minimum absolute atomic E-state index is 0.0232. The van der Waals surface area contributed by atoms with Gasteiger partial charge in [0.25, 0.3) is 11.7 Å².